The van der Waals surface area contributed by atoms with E-state index in [-0.39, 0.29) is 12.4 Å². The molecule has 0 saturated carbocycles. The van der Waals surface area contributed by atoms with Gasteiger partial charge in [-0.2, -0.15) is 0 Å². The zero-order chi connectivity index (χ0) is 4.28. The molecule has 4 heavy (non-hydrogen) atoms. The molecule has 0 aromatic rings. The van der Waals surface area contributed by atoms with Crippen LogP contribution < -0.4 is 0 Å². The molecule has 0 saturated heterocycles. The van der Waals surface area contributed by atoms with Crippen LogP contribution in [0.15, 0.2) is 12.4 Å². The topological polar surface area (TPSA) is 0 Å². The van der Waals surface area contributed by atoms with E-state index >= 15 is 0 Å². The summed E-state index contributed by atoms with van der Waals surface area (Å²) in [6.45, 7) is 1.38. The van der Waals surface area contributed by atoms with E-state index in [0.29, 0.717) is 0 Å². The van der Waals surface area contributed by atoms with Crippen molar-refractivity contribution in [2.24, 2.45) is 0 Å². The number of allylic oxidation sites excluding steroid dienone is 1. The fourth-order valence-electron chi connectivity index (χ4n) is 0. The molecule has 0 aromatic heterocycles. The van der Waals surface area contributed by atoms with Crippen LogP contribution in [0, 0.1) is 0 Å². The molecule has 0 aliphatic rings. The lowest BCUT2D eigenvalue weighted by molar-refractivity contribution is 0.719. The van der Waals surface area contributed by atoms with Crippen molar-refractivity contribution < 1.29 is 5.76 Å². The van der Waals surface area contributed by atoms with Crippen molar-refractivity contribution in [1.82, 2.24) is 0 Å². The summed E-state index contributed by atoms with van der Waals surface area (Å²) >= 11 is 0. The third kappa shape index (κ3) is 1.67. The van der Waals surface area contributed by atoms with Crippen molar-refractivity contribution in [2.45, 2.75) is 6.92 Å². The number of halogens is 1. The van der Waals surface area contributed by atoms with Crippen LogP contribution in [0.3, 0.4) is 0 Å². The van der Waals surface area contributed by atoms with Crippen LogP contribution in [0.4, 0.5) is 4.39 Å². The molecule has 0 aliphatic carbocycles. The van der Waals surface area contributed by atoms with E-state index in [4.69, 9.17) is 1.37 Å². The Kier molecular flexibility index (Phi) is 1.30. The lowest BCUT2D eigenvalue weighted by atomic mass is 10.8. The molecular formula is C3H5F. The van der Waals surface area contributed by atoms with E-state index in [2.05, 4.69) is 0 Å². The van der Waals surface area contributed by atoms with E-state index in [1.165, 1.54) is 6.92 Å². The average Bonchev–Trinajstić information content (AvgIpc) is 1.38. The van der Waals surface area contributed by atoms with Crippen LogP contribution >= 0.6 is 0 Å². The van der Waals surface area contributed by atoms with E-state index < -0.39 is 0 Å². The smallest absolute Gasteiger partial charge is 0.0824 e. The van der Waals surface area contributed by atoms with Gasteiger partial charge in [0.25, 0.3) is 0 Å². The highest BCUT2D eigenvalue weighted by atomic mass is 19.1. The molecule has 0 bridgehead atoms. The van der Waals surface area contributed by atoms with Crippen molar-refractivity contribution in [3.8, 4) is 0 Å². The molecule has 24 valence electrons. The highest BCUT2D eigenvalue weighted by Crippen LogP contribution is 1.62. The van der Waals surface area contributed by atoms with Gasteiger partial charge in [-0.25, -0.2) is 4.39 Å². The maximum Gasteiger partial charge on any atom is 0.0824 e. The zero-order valence-electron chi connectivity index (χ0n) is 3.46. The van der Waals surface area contributed by atoms with E-state index in [9.17, 15) is 4.39 Å². The van der Waals surface area contributed by atoms with Crippen molar-refractivity contribution in [3.05, 3.63) is 12.4 Å². The minimum Gasteiger partial charge on any atom is -0.216 e. The minimum absolute atomic E-state index is 0.0370. The van der Waals surface area contributed by atoms with Crippen LogP contribution in [0.5, 0.6) is 0 Å². The molecule has 1 heteroatoms. The summed E-state index contributed by atoms with van der Waals surface area (Å²) in [5, 5.41) is 0. The highest BCUT2D eigenvalue weighted by Gasteiger charge is 1.38. The molecule has 0 atom stereocenters. The summed E-state index contributed by atoms with van der Waals surface area (Å²) in [4.78, 5) is 0. The first-order valence-corrected chi connectivity index (χ1v) is 1.01. The van der Waals surface area contributed by atoms with E-state index in [0.717, 1.165) is 0 Å². The summed E-state index contributed by atoms with van der Waals surface area (Å²) in [6.07, 6.45) is 0.250. The van der Waals surface area contributed by atoms with Crippen molar-refractivity contribution in [3.63, 3.8) is 0 Å². The predicted molar refractivity (Wildman–Crippen MR) is 15.9 cm³/mol. The first-order chi connectivity index (χ1) is 2.27. The Morgan fingerprint density at radius 1 is 2.25 bits per heavy atom. The van der Waals surface area contributed by atoms with Gasteiger partial charge in [0.05, 0.1) is 7.70 Å². The van der Waals surface area contributed by atoms with Crippen molar-refractivity contribution in [2.75, 3.05) is 0 Å². The predicted octanol–water partition coefficient (Wildman–Crippen LogP) is 1.49. The summed E-state index contributed by atoms with van der Waals surface area (Å²) in [5.41, 5.74) is 0. The van der Waals surface area contributed by atoms with Gasteiger partial charge in [-0.1, -0.05) is 6.05 Å². The third-order valence-corrected chi connectivity index (χ3v) is 0.109. The Balaban J connectivity index is 3.14. The quantitative estimate of drug-likeness (QED) is 0.398. The molecule has 0 unspecified atom stereocenters. The summed E-state index contributed by atoms with van der Waals surface area (Å²) in [7, 11) is 0. The van der Waals surface area contributed by atoms with Crippen molar-refractivity contribution >= 4 is 0 Å². The maximum atomic E-state index is 10.8. The highest BCUT2D eigenvalue weighted by molar-refractivity contribution is 4.61. The van der Waals surface area contributed by atoms with Gasteiger partial charge in [0.15, 0.2) is 0 Å². The van der Waals surface area contributed by atoms with Gasteiger partial charge in [0.2, 0.25) is 0 Å². The molecule has 0 spiro atoms. The molecule has 0 heterocycles. The summed E-state index contributed by atoms with van der Waals surface area (Å²) < 4.78 is 17.1. The second kappa shape index (κ2) is 2.67. The molecular weight excluding hydrogens is 55.0 g/mol. The second-order valence-corrected chi connectivity index (χ2v) is 0.398. The second-order valence-electron chi connectivity index (χ2n) is 0.398. The van der Waals surface area contributed by atoms with Gasteiger partial charge in [-0.3, -0.25) is 0 Å². The SMILES string of the molecule is [2H]/C(C)=C\F. The van der Waals surface area contributed by atoms with Gasteiger partial charge in [0.1, 0.15) is 0 Å². The zero-order valence-corrected chi connectivity index (χ0v) is 2.46. The Hall–Kier alpha value is -0.330. The van der Waals surface area contributed by atoms with Gasteiger partial charge < -0.3 is 0 Å². The Bertz CT molecular complexity index is 44.9. The number of rotatable bonds is 0. The summed E-state index contributed by atoms with van der Waals surface area (Å²) in [6, 6.07) is -0.0370. The van der Waals surface area contributed by atoms with Crippen LogP contribution in [-0.2, 0) is 0 Å². The number of hydrogen-bond donors (Lipinski definition) is 0. The molecule has 0 amide bonds. The fourth-order valence-corrected chi connectivity index (χ4v) is 0. The lowest BCUT2D eigenvalue weighted by Gasteiger charge is -1.45. The maximum absolute atomic E-state index is 10.8. The molecule has 0 aromatic carbocycles. The van der Waals surface area contributed by atoms with Gasteiger partial charge >= 0.3 is 0 Å². The van der Waals surface area contributed by atoms with E-state index in [1.807, 2.05) is 0 Å². The number of hydrogen-bond acceptors (Lipinski definition) is 0. The van der Waals surface area contributed by atoms with Gasteiger partial charge in [-0.05, 0) is 6.92 Å². The molecule has 0 fully saturated rings. The summed E-state index contributed by atoms with van der Waals surface area (Å²) in [5.74, 6) is 0. The minimum atomic E-state index is -0.0370. The third-order valence-electron chi connectivity index (χ3n) is 0.109. The lowest BCUT2D eigenvalue weighted by Crippen LogP contribution is -1.22. The van der Waals surface area contributed by atoms with Crippen LogP contribution in [0.1, 0.15) is 8.29 Å². The van der Waals surface area contributed by atoms with E-state index in [1.54, 1.807) is 0 Å². The monoisotopic (exact) mass is 61.0 g/mol. The molecule has 0 radical (unpaired) electrons. The fraction of sp³-hybridized carbons (Fsp3) is 0.333. The largest absolute Gasteiger partial charge is 0.216 e. The Labute approximate surface area is 26.4 Å². The standard InChI is InChI=1S/C3H5F/c1-2-3-4/h2-3H,1H3/b3-2+/i2D. The van der Waals surface area contributed by atoms with Gasteiger partial charge in [0, 0.05) is 0 Å². The first-order valence-electron chi connectivity index (χ1n) is 1.51. The Morgan fingerprint density at radius 2 is 2.50 bits per heavy atom. The molecule has 0 nitrogen and oxygen atoms in total. The van der Waals surface area contributed by atoms with Gasteiger partial charge in [-0.15, -0.1) is 0 Å². The van der Waals surface area contributed by atoms with Crippen molar-refractivity contribution in [1.29, 1.82) is 0 Å². The first kappa shape index (κ1) is 1.94. The van der Waals surface area contributed by atoms with Crippen LogP contribution in [0.2, 0.25) is 0 Å². The molecule has 0 N–H and O–H groups in total. The van der Waals surface area contributed by atoms with Crippen LogP contribution in [0.25, 0.3) is 0 Å². The average molecular weight is 61.1 g/mol. The Morgan fingerprint density at radius 3 is 2.50 bits per heavy atom. The normalized spacial score (nSPS) is 15.5. The van der Waals surface area contributed by atoms with Crippen LogP contribution in [-0.4, -0.2) is 0 Å². The molecule has 0 aliphatic heterocycles. The molecule has 0 rings (SSSR count).